The largest absolute Gasteiger partial charge is 0.616 e. The molecule has 0 aliphatic rings. The Morgan fingerprint density at radius 2 is 2.00 bits per heavy atom. The maximum atomic E-state index is 11.3. The van der Waals surface area contributed by atoms with E-state index in [1.807, 2.05) is 0 Å². The molecule has 66 valence electrons. The number of para-hydroxylation sites is 1. The highest BCUT2D eigenvalue weighted by molar-refractivity contribution is 6.34. The minimum absolute atomic E-state index is 0.296. The smallest absolute Gasteiger partial charge is 0.377 e. The molecule has 0 atom stereocenters. The fourth-order valence-corrected chi connectivity index (χ4v) is 1.49. The molecule has 0 radical (unpaired) electrons. The Kier molecular flexibility index (Phi) is 1.74. The van der Waals surface area contributed by atoms with Crippen LogP contribution in [0.25, 0.3) is 10.9 Å². The van der Waals surface area contributed by atoms with Gasteiger partial charge in [-0.1, -0.05) is 17.7 Å². The van der Waals surface area contributed by atoms with Gasteiger partial charge in [0.15, 0.2) is 0 Å². The number of fused-ring (bicyclic) bond motifs is 1. The van der Waals surface area contributed by atoms with Crippen molar-refractivity contribution >= 4 is 22.5 Å². The Hall–Kier alpha value is -1.48. The summed E-state index contributed by atoms with van der Waals surface area (Å²) in [6.45, 7) is 0. The van der Waals surface area contributed by atoms with Gasteiger partial charge in [0.25, 0.3) is 0 Å². The third-order valence-corrected chi connectivity index (χ3v) is 2.15. The molecule has 0 aliphatic carbocycles. The molecule has 0 amide bonds. The summed E-state index contributed by atoms with van der Waals surface area (Å²) >= 11 is 5.80. The molecule has 1 aromatic heterocycles. The van der Waals surface area contributed by atoms with E-state index >= 15 is 0 Å². The van der Waals surface area contributed by atoms with Crippen molar-refractivity contribution in [3.05, 3.63) is 40.6 Å². The Labute approximate surface area is 79.4 Å². The quantitative estimate of drug-likeness (QED) is 0.515. The van der Waals surface area contributed by atoms with Crippen LogP contribution in [0.4, 0.5) is 0 Å². The van der Waals surface area contributed by atoms with Gasteiger partial charge >= 0.3 is 5.88 Å². The zero-order valence-corrected chi connectivity index (χ0v) is 7.32. The molecule has 0 fully saturated rings. The monoisotopic (exact) mass is 195 g/mol. The third kappa shape index (κ3) is 1.17. The van der Waals surface area contributed by atoms with Crippen LogP contribution in [0.2, 0.25) is 5.02 Å². The minimum Gasteiger partial charge on any atom is -0.616 e. The Morgan fingerprint density at radius 1 is 1.23 bits per heavy atom. The lowest BCUT2D eigenvalue weighted by Gasteiger charge is -2.03. The molecule has 1 heterocycles. The molecule has 0 saturated carbocycles. The van der Waals surface area contributed by atoms with Crippen molar-refractivity contribution < 1.29 is 9.84 Å². The van der Waals surface area contributed by atoms with Crippen molar-refractivity contribution in [1.82, 2.24) is 0 Å². The third-order valence-electron chi connectivity index (χ3n) is 1.84. The number of benzene rings is 1. The predicted octanol–water partition coefficient (Wildman–Crippen LogP) is 1.83. The van der Waals surface area contributed by atoms with Gasteiger partial charge in [-0.15, -0.1) is 4.73 Å². The van der Waals surface area contributed by atoms with E-state index in [1.54, 1.807) is 24.3 Å². The summed E-state index contributed by atoms with van der Waals surface area (Å²) in [5.41, 5.74) is 0.296. The number of nitrogens with zero attached hydrogens (tertiary/aromatic N) is 1. The highest BCUT2D eigenvalue weighted by atomic mass is 35.5. The van der Waals surface area contributed by atoms with Gasteiger partial charge in [-0.05, 0) is 18.2 Å². The summed E-state index contributed by atoms with van der Waals surface area (Å²) in [5, 5.41) is 21.5. The standard InChI is InChI=1S/C9H6ClNO2/c10-7-3-1-2-6-4-5-8(12)11(13)9(6)7/h1-5,12H. The summed E-state index contributed by atoms with van der Waals surface area (Å²) in [6.07, 6.45) is 0. The fourth-order valence-electron chi connectivity index (χ4n) is 1.23. The lowest BCUT2D eigenvalue weighted by molar-refractivity contribution is -0.585. The second-order valence-corrected chi connectivity index (χ2v) is 3.07. The van der Waals surface area contributed by atoms with E-state index in [1.165, 1.54) is 6.07 Å². The zero-order valence-electron chi connectivity index (χ0n) is 6.57. The van der Waals surface area contributed by atoms with Crippen LogP contribution in [-0.2, 0) is 0 Å². The van der Waals surface area contributed by atoms with Crippen molar-refractivity contribution in [2.75, 3.05) is 0 Å². The molecule has 4 heteroatoms. The fraction of sp³-hybridized carbons (Fsp3) is 0. The van der Waals surface area contributed by atoms with Crippen molar-refractivity contribution in [3.8, 4) is 5.88 Å². The summed E-state index contributed by atoms with van der Waals surface area (Å²) in [6, 6.07) is 8.10. The van der Waals surface area contributed by atoms with Crippen molar-refractivity contribution in [2.24, 2.45) is 0 Å². The maximum absolute atomic E-state index is 11.3. The average Bonchev–Trinajstić information content (AvgIpc) is 2.12. The lowest BCUT2D eigenvalue weighted by Crippen LogP contribution is -2.27. The molecular formula is C9H6ClNO2. The Balaban J connectivity index is 2.97. The molecule has 2 aromatic rings. The molecule has 0 unspecified atom stereocenters. The molecule has 0 saturated heterocycles. The van der Waals surface area contributed by atoms with Crippen LogP contribution >= 0.6 is 11.6 Å². The van der Waals surface area contributed by atoms with Crippen molar-refractivity contribution in [3.63, 3.8) is 0 Å². The van der Waals surface area contributed by atoms with Crippen LogP contribution in [0.1, 0.15) is 0 Å². The predicted molar refractivity (Wildman–Crippen MR) is 49.6 cm³/mol. The first-order valence-corrected chi connectivity index (χ1v) is 4.08. The highest BCUT2D eigenvalue weighted by Gasteiger charge is 2.11. The van der Waals surface area contributed by atoms with Gasteiger partial charge in [0, 0.05) is 5.39 Å². The summed E-state index contributed by atoms with van der Waals surface area (Å²) in [5.74, 6) is -0.347. The van der Waals surface area contributed by atoms with Crippen molar-refractivity contribution in [1.29, 1.82) is 0 Å². The molecular weight excluding hydrogens is 190 g/mol. The summed E-state index contributed by atoms with van der Waals surface area (Å²) < 4.78 is 0.414. The normalized spacial score (nSPS) is 10.5. The van der Waals surface area contributed by atoms with Crippen LogP contribution in [0.15, 0.2) is 30.3 Å². The number of hydrogen-bond donors (Lipinski definition) is 1. The zero-order chi connectivity index (χ0) is 9.42. The Morgan fingerprint density at radius 3 is 2.77 bits per heavy atom. The van der Waals surface area contributed by atoms with Gasteiger partial charge in [-0.2, -0.15) is 0 Å². The molecule has 13 heavy (non-hydrogen) atoms. The number of hydrogen-bond acceptors (Lipinski definition) is 2. The lowest BCUT2D eigenvalue weighted by atomic mass is 10.2. The Bertz CT molecular complexity index is 470. The molecule has 3 nitrogen and oxygen atoms in total. The number of aromatic hydroxyl groups is 1. The van der Waals surface area contributed by atoms with E-state index in [-0.39, 0.29) is 5.88 Å². The van der Waals surface area contributed by atoms with Crippen LogP contribution in [0.3, 0.4) is 0 Å². The first-order valence-electron chi connectivity index (χ1n) is 3.70. The first kappa shape index (κ1) is 8.13. The summed E-state index contributed by atoms with van der Waals surface area (Å²) in [7, 11) is 0. The van der Waals surface area contributed by atoms with Gasteiger partial charge in [0.05, 0.1) is 6.07 Å². The summed E-state index contributed by atoms with van der Waals surface area (Å²) in [4.78, 5) is 0. The second-order valence-electron chi connectivity index (χ2n) is 2.66. The minimum atomic E-state index is -0.347. The van der Waals surface area contributed by atoms with Gasteiger partial charge < -0.3 is 10.3 Å². The maximum Gasteiger partial charge on any atom is 0.377 e. The SMILES string of the molecule is [O-][n+]1c(O)ccc2cccc(Cl)c21. The number of halogens is 1. The van der Waals surface area contributed by atoms with Gasteiger partial charge in [0.1, 0.15) is 5.02 Å². The topological polar surface area (TPSA) is 47.2 Å². The van der Waals surface area contributed by atoms with E-state index in [0.717, 1.165) is 0 Å². The number of aromatic nitrogens is 1. The molecule has 1 N–H and O–H groups in total. The molecule has 2 rings (SSSR count). The molecule has 0 bridgehead atoms. The van der Waals surface area contributed by atoms with E-state index in [9.17, 15) is 5.21 Å². The highest BCUT2D eigenvalue weighted by Crippen LogP contribution is 2.21. The molecule has 0 aliphatic heterocycles. The van der Waals surface area contributed by atoms with Crippen LogP contribution < -0.4 is 4.73 Å². The second kappa shape index (κ2) is 2.78. The first-order chi connectivity index (χ1) is 6.20. The van der Waals surface area contributed by atoms with E-state index in [2.05, 4.69) is 0 Å². The van der Waals surface area contributed by atoms with E-state index in [4.69, 9.17) is 16.7 Å². The number of rotatable bonds is 0. The number of pyridine rings is 1. The van der Waals surface area contributed by atoms with Crippen LogP contribution in [-0.4, -0.2) is 5.11 Å². The molecule has 1 aromatic carbocycles. The van der Waals surface area contributed by atoms with E-state index in [0.29, 0.717) is 20.7 Å². The van der Waals surface area contributed by atoms with Gasteiger partial charge in [-0.25, -0.2) is 0 Å². The van der Waals surface area contributed by atoms with E-state index < -0.39 is 0 Å². The van der Waals surface area contributed by atoms with Gasteiger partial charge in [-0.3, -0.25) is 0 Å². The van der Waals surface area contributed by atoms with Crippen LogP contribution in [0.5, 0.6) is 5.88 Å². The average molecular weight is 196 g/mol. The molecule has 0 spiro atoms. The van der Waals surface area contributed by atoms with Crippen molar-refractivity contribution in [2.45, 2.75) is 0 Å². The van der Waals surface area contributed by atoms with Gasteiger partial charge in [0.2, 0.25) is 5.52 Å². The van der Waals surface area contributed by atoms with Crippen LogP contribution in [0, 0.1) is 5.21 Å².